The molecule has 3 N–H and O–H groups in total. The van der Waals surface area contributed by atoms with Gasteiger partial charge in [-0.25, -0.2) is 4.98 Å². The molecule has 1 aliphatic carbocycles. The molecule has 1 atom stereocenters. The van der Waals surface area contributed by atoms with E-state index in [2.05, 4.69) is 15.3 Å². The van der Waals surface area contributed by atoms with Gasteiger partial charge >= 0.3 is 0 Å². The number of hydrogen-bond donors (Lipinski definition) is 2. The second-order valence-electron chi connectivity index (χ2n) is 7.67. The van der Waals surface area contributed by atoms with Crippen molar-refractivity contribution in [2.75, 3.05) is 18.8 Å². The van der Waals surface area contributed by atoms with E-state index in [9.17, 15) is 9.59 Å². The molecule has 1 unspecified atom stereocenters. The fourth-order valence-electron chi connectivity index (χ4n) is 4.16. The van der Waals surface area contributed by atoms with Gasteiger partial charge in [0.25, 0.3) is 5.91 Å². The van der Waals surface area contributed by atoms with E-state index < -0.39 is 0 Å². The zero-order chi connectivity index (χ0) is 19.5. The normalized spacial score (nSPS) is 19.9. The fraction of sp³-hybridized carbons (Fsp3) is 0.429. The van der Waals surface area contributed by atoms with Gasteiger partial charge in [-0.05, 0) is 25.0 Å². The van der Waals surface area contributed by atoms with Crippen LogP contribution in [0.2, 0.25) is 0 Å². The van der Waals surface area contributed by atoms with Gasteiger partial charge in [-0.15, -0.1) is 0 Å². The molecule has 2 amide bonds. The number of nitrogens with two attached hydrogens (primary N) is 1. The van der Waals surface area contributed by atoms with Crippen LogP contribution in [0.25, 0.3) is 11.3 Å². The average molecular weight is 379 g/mol. The number of carbonyl (C=O) groups is 2. The zero-order valence-electron chi connectivity index (χ0n) is 15.8. The number of aromatic nitrogens is 2. The van der Waals surface area contributed by atoms with E-state index >= 15 is 0 Å². The van der Waals surface area contributed by atoms with Crippen LogP contribution in [-0.2, 0) is 4.79 Å². The minimum atomic E-state index is -0.142. The Morgan fingerprint density at radius 3 is 2.79 bits per heavy atom. The van der Waals surface area contributed by atoms with Crippen molar-refractivity contribution < 1.29 is 9.59 Å². The van der Waals surface area contributed by atoms with Crippen molar-refractivity contribution in [3.05, 3.63) is 42.2 Å². The third-order valence-electron chi connectivity index (χ3n) is 5.65. The van der Waals surface area contributed by atoms with Crippen molar-refractivity contribution in [2.45, 2.75) is 38.1 Å². The van der Waals surface area contributed by atoms with E-state index in [4.69, 9.17) is 5.73 Å². The van der Waals surface area contributed by atoms with Gasteiger partial charge in [0.15, 0.2) is 0 Å². The van der Waals surface area contributed by atoms with Gasteiger partial charge in [0.05, 0.1) is 18.1 Å². The fourth-order valence-corrected chi connectivity index (χ4v) is 4.16. The highest BCUT2D eigenvalue weighted by atomic mass is 16.2. The standard InChI is InChI=1S/C21H25N5O2/c22-19-12-23-18(11-24-19)15-4-3-5-16(9-15)21(28)25-10-14-8-20(27)26(13-14)17-6-1-2-7-17/h3-5,9,11-12,14,17H,1-2,6-8,10,13H2,(H2,22,24)(H,25,28). The average Bonchev–Trinajstić information content (AvgIpc) is 3.36. The van der Waals surface area contributed by atoms with Crippen molar-refractivity contribution in [3.8, 4) is 11.3 Å². The summed E-state index contributed by atoms with van der Waals surface area (Å²) < 4.78 is 0. The highest BCUT2D eigenvalue weighted by molar-refractivity contribution is 5.95. The molecule has 1 aromatic carbocycles. The molecule has 146 valence electrons. The molecule has 2 heterocycles. The molecule has 1 saturated heterocycles. The van der Waals surface area contributed by atoms with Crippen molar-refractivity contribution in [1.82, 2.24) is 20.2 Å². The molecule has 0 radical (unpaired) electrons. The second kappa shape index (κ2) is 7.96. The first-order valence-corrected chi connectivity index (χ1v) is 9.86. The maximum atomic E-state index is 12.6. The van der Waals surface area contributed by atoms with Crippen LogP contribution in [0, 0.1) is 5.92 Å². The molecule has 1 saturated carbocycles. The molecule has 28 heavy (non-hydrogen) atoms. The summed E-state index contributed by atoms with van der Waals surface area (Å²) in [6.07, 6.45) is 8.27. The van der Waals surface area contributed by atoms with Crippen LogP contribution in [0.5, 0.6) is 0 Å². The molecule has 7 heteroatoms. The SMILES string of the molecule is Nc1cnc(-c2cccc(C(=O)NCC3CC(=O)N(C4CCCC4)C3)c2)cn1. The molecule has 7 nitrogen and oxygen atoms in total. The van der Waals surface area contributed by atoms with Crippen LogP contribution in [0.1, 0.15) is 42.5 Å². The molecule has 4 rings (SSSR count). The summed E-state index contributed by atoms with van der Waals surface area (Å²) in [6, 6.07) is 7.68. The van der Waals surface area contributed by atoms with E-state index in [1.807, 2.05) is 17.0 Å². The highest BCUT2D eigenvalue weighted by Gasteiger charge is 2.35. The van der Waals surface area contributed by atoms with Gasteiger partial charge in [0.1, 0.15) is 5.82 Å². The van der Waals surface area contributed by atoms with E-state index in [1.54, 1.807) is 18.3 Å². The van der Waals surface area contributed by atoms with Gasteiger partial charge in [-0.3, -0.25) is 14.6 Å². The third-order valence-corrected chi connectivity index (χ3v) is 5.65. The number of amides is 2. The maximum absolute atomic E-state index is 12.6. The number of nitrogens with zero attached hydrogens (tertiary/aromatic N) is 3. The van der Waals surface area contributed by atoms with Crippen LogP contribution in [0.3, 0.4) is 0 Å². The van der Waals surface area contributed by atoms with Crippen LogP contribution in [-0.4, -0.2) is 45.8 Å². The van der Waals surface area contributed by atoms with Crippen LogP contribution in [0.4, 0.5) is 5.82 Å². The van der Waals surface area contributed by atoms with Gasteiger partial charge < -0.3 is 16.0 Å². The number of anilines is 1. The lowest BCUT2D eigenvalue weighted by molar-refractivity contribution is -0.129. The molecular formula is C21H25N5O2. The van der Waals surface area contributed by atoms with E-state index in [0.29, 0.717) is 36.1 Å². The van der Waals surface area contributed by atoms with Crippen molar-refractivity contribution in [1.29, 1.82) is 0 Å². The van der Waals surface area contributed by atoms with Crippen molar-refractivity contribution in [3.63, 3.8) is 0 Å². The molecule has 0 bridgehead atoms. The molecule has 2 aromatic rings. The Kier molecular flexibility index (Phi) is 5.23. The van der Waals surface area contributed by atoms with Crippen LogP contribution >= 0.6 is 0 Å². The van der Waals surface area contributed by atoms with Crippen molar-refractivity contribution in [2.24, 2.45) is 5.92 Å². The lowest BCUT2D eigenvalue weighted by atomic mass is 10.1. The Bertz CT molecular complexity index is 861. The summed E-state index contributed by atoms with van der Waals surface area (Å²) >= 11 is 0. The number of likely N-dealkylation sites (tertiary alicyclic amines) is 1. The molecule has 2 aliphatic rings. The van der Waals surface area contributed by atoms with E-state index in [0.717, 1.165) is 24.9 Å². The lowest BCUT2D eigenvalue weighted by Crippen LogP contribution is -2.36. The number of carbonyl (C=O) groups excluding carboxylic acids is 2. The van der Waals surface area contributed by atoms with Crippen molar-refractivity contribution >= 4 is 17.6 Å². The topological polar surface area (TPSA) is 101 Å². The summed E-state index contributed by atoms with van der Waals surface area (Å²) in [7, 11) is 0. The number of benzene rings is 1. The first kappa shape index (κ1) is 18.4. The Balaban J connectivity index is 1.36. The van der Waals surface area contributed by atoms with Gasteiger partial charge in [-0.1, -0.05) is 25.0 Å². The third kappa shape index (κ3) is 3.98. The quantitative estimate of drug-likeness (QED) is 0.830. The number of nitrogens with one attached hydrogen (secondary N) is 1. The monoisotopic (exact) mass is 379 g/mol. The molecule has 2 fully saturated rings. The van der Waals surface area contributed by atoms with Crippen LogP contribution in [0.15, 0.2) is 36.7 Å². The number of hydrogen-bond acceptors (Lipinski definition) is 5. The second-order valence-corrected chi connectivity index (χ2v) is 7.67. The summed E-state index contributed by atoms with van der Waals surface area (Å²) in [5, 5.41) is 2.99. The Hall–Kier alpha value is -2.96. The molecular weight excluding hydrogens is 354 g/mol. The molecule has 0 spiro atoms. The first-order valence-electron chi connectivity index (χ1n) is 9.86. The summed E-state index contributed by atoms with van der Waals surface area (Å²) in [4.78, 5) is 35.2. The Labute approximate surface area is 164 Å². The number of nitrogen functional groups attached to an aromatic ring is 1. The summed E-state index contributed by atoms with van der Waals surface area (Å²) in [5.74, 6) is 0.630. The number of rotatable bonds is 5. The molecule has 1 aliphatic heterocycles. The predicted octanol–water partition coefficient (Wildman–Crippen LogP) is 2.25. The lowest BCUT2D eigenvalue weighted by Gasteiger charge is -2.24. The Morgan fingerprint density at radius 1 is 1.21 bits per heavy atom. The van der Waals surface area contributed by atoms with Gasteiger partial charge in [0.2, 0.25) is 5.91 Å². The van der Waals surface area contributed by atoms with E-state index in [-0.39, 0.29) is 17.7 Å². The van der Waals surface area contributed by atoms with Gasteiger partial charge in [0, 0.05) is 42.6 Å². The van der Waals surface area contributed by atoms with E-state index in [1.165, 1.54) is 19.0 Å². The smallest absolute Gasteiger partial charge is 0.251 e. The summed E-state index contributed by atoms with van der Waals surface area (Å²) in [6.45, 7) is 1.27. The zero-order valence-corrected chi connectivity index (χ0v) is 15.8. The first-order chi connectivity index (χ1) is 13.6. The highest BCUT2D eigenvalue weighted by Crippen LogP contribution is 2.29. The summed E-state index contributed by atoms with van der Waals surface area (Å²) in [5.41, 5.74) is 7.61. The molecule has 1 aromatic heterocycles. The minimum Gasteiger partial charge on any atom is -0.382 e. The predicted molar refractivity (Wildman–Crippen MR) is 106 cm³/mol. The maximum Gasteiger partial charge on any atom is 0.251 e. The largest absolute Gasteiger partial charge is 0.382 e. The Morgan fingerprint density at radius 2 is 2.04 bits per heavy atom. The minimum absolute atomic E-state index is 0.142. The van der Waals surface area contributed by atoms with Crippen LogP contribution < -0.4 is 11.1 Å². The van der Waals surface area contributed by atoms with Gasteiger partial charge in [-0.2, -0.15) is 0 Å².